The zero-order chi connectivity index (χ0) is 44.2. The number of carbonyl (C=O) groups excluding carboxylic acids is 2. The molecule has 354 valence electrons. The zero-order valence-electron chi connectivity index (χ0n) is 36.1. The van der Waals surface area contributed by atoms with Gasteiger partial charge in [0.2, 0.25) is 20.0 Å². The molecule has 2 aromatic rings. The predicted molar refractivity (Wildman–Crippen MR) is 236 cm³/mol. The summed E-state index contributed by atoms with van der Waals surface area (Å²) in [5, 5.41) is 9.12. The third-order valence-electron chi connectivity index (χ3n) is 12.1. The number of amides is 2. The van der Waals surface area contributed by atoms with Crippen molar-refractivity contribution < 1.29 is 60.2 Å². The van der Waals surface area contributed by atoms with Crippen LogP contribution in [0.3, 0.4) is 0 Å². The summed E-state index contributed by atoms with van der Waals surface area (Å²) in [5.74, 6) is 0.0772. The van der Waals surface area contributed by atoms with Crippen LogP contribution in [0, 0.1) is 0 Å². The second-order valence-electron chi connectivity index (χ2n) is 15.6. The quantitative estimate of drug-likeness (QED) is 0.184. The lowest BCUT2D eigenvalue weighted by molar-refractivity contribution is -0.202. The topological polar surface area (TPSA) is 215 Å². The minimum atomic E-state index is -3.94. The van der Waals surface area contributed by atoms with Crippen LogP contribution in [-0.2, 0) is 48.7 Å². The van der Waals surface area contributed by atoms with Gasteiger partial charge in [-0.3, -0.25) is 14.8 Å². The van der Waals surface area contributed by atoms with E-state index in [4.69, 9.17) is 33.7 Å². The van der Waals surface area contributed by atoms with Gasteiger partial charge in [-0.25, -0.2) is 32.6 Å². The van der Waals surface area contributed by atoms with E-state index in [9.17, 15) is 26.4 Å². The number of piperazine rings is 2. The van der Waals surface area contributed by atoms with Gasteiger partial charge in [-0.2, -0.15) is 8.61 Å². The Bertz CT molecular complexity index is 1970. The van der Waals surface area contributed by atoms with Crippen molar-refractivity contribution in [2.24, 2.45) is 0 Å². The van der Waals surface area contributed by atoms with E-state index in [-0.39, 0.29) is 77.6 Å². The van der Waals surface area contributed by atoms with Crippen molar-refractivity contribution >= 4 is 55.6 Å². The number of nitrogens with one attached hydrogen (secondary N) is 2. The molecule has 0 aliphatic carbocycles. The molecule has 0 aromatic heterocycles. The fraction of sp³-hybridized carbons (Fsp3) is 0.659. The number of carbonyl (C=O) groups is 2. The van der Waals surface area contributed by atoms with Gasteiger partial charge in [-0.05, 0) is 75.2 Å². The highest BCUT2D eigenvalue weighted by molar-refractivity contribution is 7.91. The number of rotatable bonds is 14. The third kappa shape index (κ3) is 11.5. The summed E-state index contributed by atoms with van der Waals surface area (Å²) >= 11 is 0. The highest BCUT2D eigenvalue weighted by Crippen LogP contribution is 2.36. The maximum absolute atomic E-state index is 13.8. The largest absolute Gasteiger partial charge is 0.494 e. The number of hydrogen-bond acceptors (Lipinski definition) is 15. The molecule has 0 saturated carbocycles. The van der Waals surface area contributed by atoms with Crippen LogP contribution in [0.25, 0.3) is 0 Å². The zero-order valence-corrected chi connectivity index (χ0v) is 38.6. The Hall–Kier alpha value is -3.51. The van der Waals surface area contributed by atoms with E-state index in [1.165, 1.54) is 8.61 Å². The van der Waals surface area contributed by atoms with E-state index in [0.717, 1.165) is 35.7 Å². The molecule has 22 heteroatoms. The number of hydrogen-bond donors (Lipinski definition) is 3. The van der Waals surface area contributed by atoms with E-state index in [0.29, 0.717) is 65.5 Å². The Morgan fingerprint density at radius 2 is 1.06 bits per heavy atom. The normalized spacial score (nSPS) is 22.0. The number of halogens is 1. The SMILES string of the molecule is CCOc1ccc(N2CCN(S(=O)(=O)C3(C(=O)NO)CCOCC3)CC2)cc1.CCOc1ccc(N2CCN(S(=O)(=O)C3(C(=O)NOC4CCCCO4)CCOCC3)CC2)cc1.Cl. The molecule has 1 atom stereocenters. The Kier molecular flexibility index (Phi) is 18.5. The number of anilines is 2. The molecule has 0 bridgehead atoms. The number of sulfonamides is 2. The number of nitrogens with zero attached hydrogens (tertiary/aromatic N) is 4. The Labute approximate surface area is 377 Å². The van der Waals surface area contributed by atoms with Gasteiger partial charge in [0.25, 0.3) is 11.8 Å². The smallest absolute Gasteiger partial charge is 0.266 e. The number of ether oxygens (including phenoxy) is 5. The van der Waals surface area contributed by atoms with Gasteiger partial charge in [0.05, 0.1) is 13.2 Å². The van der Waals surface area contributed by atoms with Crippen LogP contribution >= 0.6 is 12.4 Å². The van der Waals surface area contributed by atoms with Gasteiger partial charge in [0.15, 0.2) is 15.8 Å². The number of benzene rings is 2. The Morgan fingerprint density at radius 1 is 0.651 bits per heavy atom. The average Bonchev–Trinajstić information content (AvgIpc) is 3.32. The second-order valence-corrected chi connectivity index (χ2v) is 20.1. The van der Waals surface area contributed by atoms with Crippen LogP contribution in [0.15, 0.2) is 48.5 Å². The highest BCUT2D eigenvalue weighted by Gasteiger charge is 2.56. The first-order chi connectivity index (χ1) is 29.9. The second kappa shape index (κ2) is 23.1. The molecular weight excluding hydrogens is 884 g/mol. The summed E-state index contributed by atoms with van der Waals surface area (Å²) < 4.78 is 80.8. The predicted octanol–water partition coefficient (Wildman–Crippen LogP) is 2.67. The molecule has 0 spiro atoms. The molecule has 0 radical (unpaired) electrons. The molecule has 5 heterocycles. The molecule has 5 saturated heterocycles. The lowest BCUT2D eigenvalue weighted by Gasteiger charge is -2.42. The molecule has 2 aromatic carbocycles. The molecule has 3 N–H and O–H groups in total. The van der Waals surface area contributed by atoms with Crippen LogP contribution in [0.1, 0.15) is 58.8 Å². The van der Waals surface area contributed by atoms with Crippen molar-refractivity contribution in [3.8, 4) is 11.5 Å². The van der Waals surface area contributed by atoms with Gasteiger partial charge in [0, 0.05) is 129 Å². The fourth-order valence-electron chi connectivity index (χ4n) is 8.43. The van der Waals surface area contributed by atoms with E-state index >= 15 is 0 Å². The summed E-state index contributed by atoms with van der Waals surface area (Å²) in [6.45, 7) is 9.64. The van der Waals surface area contributed by atoms with E-state index in [1.807, 2.05) is 62.4 Å². The summed E-state index contributed by atoms with van der Waals surface area (Å²) in [6, 6.07) is 15.5. The van der Waals surface area contributed by atoms with Crippen molar-refractivity contribution in [1.82, 2.24) is 19.6 Å². The number of hydroxylamine groups is 2. The van der Waals surface area contributed by atoms with Crippen molar-refractivity contribution in [1.29, 1.82) is 0 Å². The third-order valence-corrected chi connectivity index (χ3v) is 17.4. The maximum Gasteiger partial charge on any atom is 0.266 e. The first-order valence-corrected chi connectivity index (χ1v) is 24.4. The highest BCUT2D eigenvalue weighted by atomic mass is 35.5. The van der Waals surface area contributed by atoms with Crippen LogP contribution in [0.5, 0.6) is 11.5 Å². The lowest BCUT2D eigenvalue weighted by atomic mass is 9.98. The van der Waals surface area contributed by atoms with E-state index in [2.05, 4.69) is 15.3 Å². The van der Waals surface area contributed by atoms with E-state index < -0.39 is 47.6 Å². The Morgan fingerprint density at radius 3 is 1.43 bits per heavy atom. The minimum Gasteiger partial charge on any atom is -0.494 e. The standard InChI is InChI=1S/C23H35N3O7S.C18H27N3O6S.ClH/c1-2-31-20-8-6-19(7-9-20)25-12-14-26(15-13-25)34(28,29)23(10-17-30-18-11-23)22(27)24-33-21-5-3-4-16-32-21;1-2-27-16-5-3-15(4-6-16)20-9-11-21(12-10-20)28(24,25)18(17(22)19-23)7-13-26-14-8-18;/h6-9,21H,2-5,10-18H2,1H3,(H,24,27);3-6,23H,2,7-14H2,1H3,(H,19,22);1H. The molecular formula is C41H63ClN6O13S2. The summed E-state index contributed by atoms with van der Waals surface area (Å²) in [6.07, 6.45) is 2.25. The minimum absolute atomic E-state index is 0. The first kappa shape index (κ1) is 50.5. The summed E-state index contributed by atoms with van der Waals surface area (Å²) in [7, 11) is -7.89. The fourth-order valence-corrected chi connectivity index (χ4v) is 12.6. The van der Waals surface area contributed by atoms with Gasteiger partial charge < -0.3 is 33.5 Å². The molecule has 5 aliphatic heterocycles. The monoisotopic (exact) mass is 946 g/mol. The van der Waals surface area contributed by atoms with Crippen molar-refractivity contribution in [3.63, 3.8) is 0 Å². The van der Waals surface area contributed by atoms with Crippen LogP contribution in [-0.4, -0.2) is 157 Å². The average molecular weight is 948 g/mol. The van der Waals surface area contributed by atoms with Crippen molar-refractivity contribution in [2.45, 2.75) is 74.6 Å². The molecule has 63 heavy (non-hydrogen) atoms. The Balaban J connectivity index is 0.000000238. The molecule has 19 nitrogen and oxygen atoms in total. The molecule has 5 aliphatic rings. The van der Waals surface area contributed by atoms with Gasteiger partial charge in [-0.1, -0.05) is 0 Å². The van der Waals surface area contributed by atoms with Gasteiger partial charge in [0.1, 0.15) is 11.5 Å². The summed E-state index contributed by atoms with van der Waals surface area (Å²) in [5.41, 5.74) is 5.97. The molecule has 7 rings (SSSR count). The molecule has 1 unspecified atom stereocenters. The first-order valence-electron chi connectivity index (χ1n) is 21.5. The lowest BCUT2D eigenvalue weighted by Crippen LogP contribution is -2.62. The summed E-state index contributed by atoms with van der Waals surface area (Å²) in [4.78, 5) is 35.2. The van der Waals surface area contributed by atoms with Gasteiger partial charge in [-0.15, -0.1) is 12.4 Å². The van der Waals surface area contributed by atoms with Crippen LogP contribution in [0.4, 0.5) is 11.4 Å². The van der Waals surface area contributed by atoms with Crippen molar-refractivity contribution in [3.05, 3.63) is 48.5 Å². The maximum atomic E-state index is 13.8. The molecule has 2 amide bonds. The molecule has 5 fully saturated rings. The van der Waals surface area contributed by atoms with Crippen LogP contribution in [0.2, 0.25) is 0 Å². The van der Waals surface area contributed by atoms with E-state index in [1.54, 1.807) is 5.48 Å². The van der Waals surface area contributed by atoms with Crippen molar-refractivity contribution in [2.75, 3.05) is 108 Å². The van der Waals surface area contributed by atoms with Crippen LogP contribution < -0.4 is 30.2 Å². The van der Waals surface area contributed by atoms with Gasteiger partial charge >= 0.3 is 0 Å².